The van der Waals surface area contributed by atoms with Gasteiger partial charge in [0.25, 0.3) is 0 Å². The molecule has 0 fully saturated rings. The molecular formula is C14H26N2S. The van der Waals surface area contributed by atoms with Gasteiger partial charge in [0.05, 0.1) is 6.04 Å². The number of thiazole rings is 1. The summed E-state index contributed by atoms with van der Waals surface area (Å²) < 4.78 is 0. The maximum absolute atomic E-state index is 6.12. The van der Waals surface area contributed by atoms with Crippen LogP contribution < -0.4 is 5.73 Å². The summed E-state index contributed by atoms with van der Waals surface area (Å²) in [6.45, 7) is 4.29. The summed E-state index contributed by atoms with van der Waals surface area (Å²) >= 11 is 1.70. The molecule has 3 heteroatoms. The molecule has 17 heavy (non-hydrogen) atoms. The number of aromatic nitrogens is 1. The lowest BCUT2D eigenvalue weighted by atomic mass is 10.1. The van der Waals surface area contributed by atoms with Gasteiger partial charge in [0.2, 0.25) is 0 Å². The Kier molecular flexibility index (Phi) is 7.45. The molecule has 0 saturated heterocycles. The molecule has 0 radical (unpaired) electrons. The lowest BCUT2D eigenvalue weighted by Crippen LogP contribution is -2.09. The van der Waals surface area contributed by atoms with E-state index in [-0.39, 0.29) is 6.04 Å². The molecule has 0 aliphatic heterocycles. The quantitative estimate of drug-likeness (QED) is 0.654. The van der Waals surface area contributed by atoms with Crippen LogP contribution in [0.25, 0.3) is 0 Å². The summed E-state index contributed by atoms with van der Waals surface area (Å²) in [6, 6.07) is 0.157. The molecule has 0 aliphatic rings. The third-order valence-corrected chi connectivity index (χ3v) is 4.17. The average molecular weight is 254 g/mol. The molecule has 1 heterocycles. The van der Waals surface area contributed by atoms with Gasteiger partial charge in [-0.1, -0.05) is 51.9 Å². The molecule has 2 nitrogen and oxygen atoms in total. The smallest absolute Gasteiger partial charge is 0.110 e. The van der Waals surface area contributed by atoms with E-state index in [9.17, 15) is 0 Å². The average Bonchev–Trinajstić information content (AvgIpc) is 2.74. The second-order valence-electron chi connectivity index (χ2n) is 4.84. The van der Waals surface area contributed by atoms with Crippen LogP contribution in [0.2, 0.25) is 0 Å². The van der Waals surface area contributed by atoms with Crippen molar-refractivity contribution < 1.29 is 0 Å². The van der Waals surface area contributed by atoms with Gasteiger partial charge in [-0.15, -0.1) is 11.3 Å². The van der Waals surface area contributed by atoms with Gasteiger partial charge >= 0.3 is 0 Å². The van der Waals surface area contributed by atoms with Crippen LogP contribution in [0.15, 0.2) is 5.38 Å². The van der Waals surface area contributed by atoms with Crippen molar-refractivity contribution in [2.75, 3.05) is 0 Å². The van der Waals surface area contributed by atoms with Gasteiger partial charge in [0.1, 0.15) is 5.01 Å². The van der Waals surface area contributed by atoms with E-state index < -0.39 is 0 Å². The van der Waals surface area contributed by atoms with Crippen molar-refractivity contribution in [3.63, 3.8) is 0 Å². The Morgan fingerprint density at radius 2 is 1.82 bits per heavy atom. The van der Waals surface area contributed by atoms with Gasteiger partial charge in [0.15, 0.2) is 0 Å². The van der Waals surface area contributed by atoms with Gasteiger partial charge in [-0.2, -0.15) is 0 Å². The van der Waals surface area contributed by atoms with E-state index in [1.54, 1.807) is 11.3 Å². The topological polar surface area (TPSA) is 38.9 Å². The van der Waals surface area contributed by atoms with E-state index in [0.29, 0.717) is 0 Å². The number of aryl methyl sites for hydroxylation is 1. The summed E-state index contributed by atoms with van der Waals surface area (Å²) in [5.74, 6) is 0. The van der Waals surface area contributed by atoms with Crippen molar-refractivity contribution in [2.24, 2.45) is 5.73 Å². The van der Waals surface area contributed by atoms with Crippen molar-refractivity contribution in [1.29, 1.82) is 0 Å². The van der Waals surface area contributed by atoms with Gasteiger partial charge in [-0.25, -0.2) is 4.98 Å². The van der Waals surface area contributed by atoms with Gasteiger partial charge in [-0.3, -0.25) is 0 Å². The van der Waals surface area contributed by atoms with Crippen molar-refractivity contribution in [3.05, 3.63) is 16.1 Å². The summed E-state index contributed by atoms with van der Waals surface area (Å²) in [5.41, 5.74) is 7.22. The first-order valence-corrected chi connectivity index (χ1v) is 7.79. The standard InChI is InChI=1S/C14H26N2S/c1-3-4-5-6-7-8-9-10-13(15)14-16-12(2)11-17-14/h11,13H,3-10,15H2,1-2H3. The highest BCUT2D eigenvalue weighted by molar-refractivity contribution is 7.09. The molecule has 0 spiro atoms. The second kappa shape index (κ2) is 8.65. The van der Waals surface area contributed by atoms with Crippen LogP contribution in [0.4, 0.5) is 0 Å². The van der Waals surface area contributed by atoms with Crippen LogP contribution >= 0.6 is 11.3 Å². The van der Waals surface area contributed by atoms with E-state index in [2.05, 4.69) is 17.3 Å². The predicted octanol–water partition coefficient (Wildman–Crippen LogP) is 4.59. The molecule has 0 bridgehead atoms. The van der Waals surface area contributed by atoms with Crippen molar-refractivity contribution in [1.82, 2.24) is 4.98 Å². The zero-order valence-electron chi connectivity index (χ0n) is 11.2. The monoisotopic (exact) mass is 254 g/mol. The lowest BCUT2D eigenvalue weighted by molar-refractivity contribution is 0.539. The Hall–Kier alpha value is -0.410. The molecule has 0 saturated carbocycles. The van der Waals surface area contributed by atoms with E-state index in [1.165, 1.54) is 44.9 Å². The van der Waals surface area contributed by atoms with Crippen LogP contribution in [0, 0.1) is 6.92 Å². The fraction of sp³-hybridized carbons (Fsp3) is 0.786. The van der Waals surface area contributed by atoms with Crippen LogP contribution in [0.5, 0.6) is 0 Å². The molecule has 98 valence electrons. The Labute approximate surface area is 110 Å². The summed E-state index contributed by atoms with van der Waals surface area (Å²) in [5, 5.41) is 3.19. The molecule has 1 unspecified atom stereocenters. The Bertz CT molecular complexity index is 296. The van der Waals surface area contributed by atoms with E-state index in [0.717, 1.165) is 17.1 Å². The maximum Gasteiger partial charge on any atom is 0.110 e. The Balaban J connectivity index is 2.03. The van der Waals surface area contributed by atoms with Crippen molar-refractivity contribution >= 4 is 11.3 Å². The largest absolute Gasteiger partial charge is 0.322 e. The number of rotatable bonds is 9. The molecule has 1 rings (SSSR count). The maximum atomic E-state index is 6.12. The zero-order valence-corrected chi connectivity index (χ0v) is 12.1. The summed E-state index contributed by atoms with van der Waals surface area (Å²) in [6.07, 6.45) is 10.5. The second-order valence-corrected chi connectivity index (χ2v) is 5.73. The third-order valence-electron chi connectivity index (χ3n) is 3.07. The van der Waals surface area contributed by atoms with Gasteiger partial charge < -0.3 is 5.73 Å². The normalized spacial score (nSPS) is 12.9. The van der Waals surface area contributed by atoms with Crippen LogP contribution in [-0.2, 0) is 0 Å². The van der Waals surface area contributed by atoms with Crippen LogP contribution in [-0.4, -0.2) is 4.98 Å². The van der Waals surface area contributed by atoms with Crippen molar-refractivity contribution in [3.8, 4) is 0 Å². The molecule has 2 N–H and O–H groups in total. The minimum Gasteiger partial charge on any atom is -0.322 e. The number of hydrogen-bond acceptors (Lipinski definition) is 3. The van der Waals surface area contributed by atoms with Crippen molar-refractivity contribution in [2.45, 2.75) is 71.3 Å². The number of unbranched alkanes of at least 4 members (excludes halogenated alkanes) is 6. The van der Waals surface area contributed by atoms with E-state index in [1.807, 2.05) is 6.92 Å². The molecular weight excluding hydrogens is 228 g/mol. The minimum atomic E-state index is 0.157. The highest BCUT2D eigenvalue weighted by atomic mass is 32.1. The molecule has 0 aliphatic carbocycles. The highest BCUT2D eigenvalue weighted by Crippen LogP contribution is 2.21. The molecule has 1 aromatic heterocycles. The fourth-order valence-corrected chi connectivity index (χ4v) is 2.82. The van der Waals surface area contributed by atoms with Gasteiger partial charge in [-0.05, 0) is 13.3 Å². The van der Waals surface area contributed by atoms with E-state index in [4.69, 9.17) is 5.73 Å². The Morgan fingerprint density at radius 1 is 1.18 bits per heavy atom. The number of nitrogens with zero attached hydrogens (tertiary/aromatic N) is 1. The minimum absolute atomic E-state index is 0.157. The molecule has 1 aromatic rings. The SMILES string of the molecule is CCCCCCCCCC(N)c1nc(C)cs1. The zero-order chi connectivity index (χ0) is 12.5. The summed E-state index contributed by atoms with van der Waals surface area (Å²) in [7, 11) is 0. The molecule has 1 atom stereocenters. The lowest BCUT2D eigenvalue weighted by Gasteiger charge is -2.07. The predicted molar refractivity (Wildman–Crippen MR) is 76.4 cm³/mol. The van der Waals surface area contributed by atoms with Gasteiger partial charge in [0, 0.05) is 11.1 Å². The molecule has 0 amide bonds. The number of nitrogens with two attached hydrogens (primary N) is 1. The van der Waals surface area contributed by atoms with Crippen LogP contribution in [0.1, 0.15) is 75.0 Å². The Morgan fingerprint density at radius 3 is 2.41 bits per heavy atom. The highest BCUT2D eigenvalue weighted by Gasteiger charge is 2.08. The molecule has 0 aromatic carbocycles. The third kappa shape index (κ3) is 6.18. The number of hydrogen-bond donors (Lipinski definition) is 1. The fourth-order valence-electron chi connectivity index (χ4n) is 1.99. The first-order valence-electron chi connectivity index (χ1n) is 6.91. The summed E-state index contributed by atoms with van der Waals surface area (Å²) in [4.78, 5) is 4.44. The van der Waals surface area contributed by atoms with Crippen LogP contribution in [0.3, 0.4) is 0 Å². The first-order chi connectivity index (χ1) is 8.24. The first kappa shape index (κ1) is 14.7. The van der Waals surface area contributed by atoms with E-state index >= 15 is 0 Å².